The van der Waals surface area contributed by atoms with E-state index in [1.54, 1.807) is 0 Å². The molecule has 4 N–H and O–H groups in total. The van der Waals surface area contributed by atoms with Crippen molar-refractivity contribution in [1.29, 1.82) is 0 Å². The van der Waals surface area contributed by atoms with Gasteiger partial charge in [-0.3, -0.25) is 4.57 Å². The molecule has 1 saturated heterocycles. The van der Waals surface area contributed by atoms with Crippen LogP contribution in [-0.2, 0) is 18.6 Å². The Labute approximate surface area is 125 Å². The molecule has 2 aliphatic rings. The topological polar surface area (TPSA) is 160 Å². The molecule has 0 aromatic rings. The number of phosphoric ester groups is 1. The minimum Gasteiger partial charge on any atom is -0.756 e. The van der Waals surface area contributed by atoms with Crippen molar-refractivity contribution in [2.24, 2.45) is 0 Å². The smallest absolute Gasteiger partial charge is 0.333 e. The first kappa shape index (κ1) is 17.1. The number of nitrogens with zero attached hydrogens (tertiary/aromatic N) is 1. The molecule has 3 unspecified atom stereocenters. The van der Waals surface area contributed by atoms with E-state index >= 15 is 0 Å². The SMILES string of the molecule is O=C(O)C1=CN([C@@H]2O[C@H](COP(=O)([O-])O)C(O)C2O)C=CC1. The van der Waals surface area contributed by atoms with Crippen LogP contribution in [0.15, 0.2) is 24.0 Å². The largest absolute Gasteiger partial charge is 0.756 e. The van der Waals surface area contributed by atoms with E-state index in [1.807, 2.05) is 0 Å². The summed E-state index contributed by atoms with van der Waals surface area (Å²) in [6, 6.07) is 0. The zero-order valence-corrected chi connectivity index (χ0v) is 12.1. The molecule has 2 heterocycles. The predicted molar refractivity (Wildman–Crippen MR) is 67.8 cm³/mol. The first-order valence-corrected chi connectivity index (χ1v) is 7.76. The second-order valence-corrected chi connectivity index (χ2v) is 6.00. The van der Waals surface area contributed by atoms with Gasteiger partial charge in [0.15, 0.2) is 6.23 Å². The van der Waals surface area contributed by atoms with Crippen LogP contribution >= 0.6 is 7.82 Å². The molecule has 124 valence electrons. The third-order valence-electron chi connectivity index (χ3n) is 3.23. The van der Waals surface area contributed by atoms with Gasteiger partial charge >= 0.3 is 5.97 Å². The molecule has 0 bridgehead atoms. The van der Waals surface area contributed by atoms with Gasteiger partial charge < -0.3 is 39.3 Å². The van der Waals surface area contributed by atoms with E-state index in [9.17, 15) is 24.5 Å². The first-order valence-electron chi connectivity index (χ1n) is 6.27. The Morgan fingerprint density at radius 1 is 1.50 bits per heavy atom. The van der Waals surface area contributed by atoms with Crippen LogP contribution in [0.5, 0.6) is 0 Å². The van der Waals surface area contributed by atoms with Gasteiger partial charge in [-0.2, -0.15) is 0 Å². The van der Waals surface area contributed by atoms with Gasteiger partial charge in [-0.25, -0.2) is 4.79 Å². The van der Waals surface area contributed by atoms with Crippen LogP contribution in [0, 0.1) is 0 Å². The minimum atomic E-state index is -4.98. The lowest BCUT2D eigenvalue weighted by molar-refractivity contribution is -0.223. The molecule has 0 radical (unpaired) electrons. The predicted octanol–water partition coefficient (Wildman–Crippen LogP) is -1.90. The number of rotatable bonds is 5. The molecule has 2 aliphatic heterocycles. The Morgan fingerprint density at radius 3 is 2.77 bits per heavy atom. The highest BCUT2D eigenvalue weighted by Crippen LogP contribution is 2.33. The van der Waals surface area contributed by atoms with Gasteiger partial charge in [0.25, 0.3) is 7.82 Å². The third-order valence-corrected chi connectivity index (χ3v) is 3.70. The van der Waals surface area contributed by atoms with E-state index in [0.29, 0.717) is 0 Å². The summed E-state index contributed by atoms with van der Waals surface area (Å²) in [6.45, 7) is -0.681. The van der Waals surface area contributed by atoms with Gasteiger partial charge in [-0.05, 0) is 0 Å². The van der Waals surface area contributed by atoms with Crippen molar-refractivity contribution in [2.45, 2.75) is 31.0 Å². The normalized spacial score (nSPS) is 34.4. The summed E-state index contributed by atoms with van der Waals surface area (Å²) < 4.78 is 20.0. The number of aliphatic hydroxyl groups is 2. The molecule has 0 amide bonds. The molecular formula is C11H15NO9P-. The van der Waals surface area contributed by atoms with E-state index in [-0.39, 0.29) is 12.0 Å². The summed E-state index contributed by atoms with van der Waals surface area (Å²) in [5.74, 6) is -1.13. The molecule has 0 aromatic heterocycles. The van der Waals surface area contributed by atoms with Crippen molar-refractivity contribution in [1.82, 2.24) is 4.90 Å². The number of carboxylic acids is 1. The van der Waals surface area contributed by atoms with Crippen LogP contribution in [0.1, 0.15) is 6.42 Å². The fraction of sp³-hybridized carbons (Fsp3) is 0.545. The van der Waals surface area contributed by atoms with Crippen molar-refractivity contribution >= 4 is 13.8 Å². The molecule has 0 aliphatic carbocycles. The lowest BCUT2D eigenvalue weighted by Gasteiger charge is -2.28. The number of ether oxygens (including phenoxy) is 1. The van der Waals surface area contributed by atoms with E-state index in [0.717, 1.165) is 0 Å². The Balaban J connectivity index is 2.06. The fourth-order valence-corrected chi connectivity index (χ4v) is 2.49. The number of aliphatic hydroxyl groups excluding tert-OH is 2. The molecule has 22 heavy (non-hydrogen) atoms. The van der Waals surface area contributed by atoms with Crippen LogP contribution < -0.4 is 4.89 Å². The highest BCUT2D eigenvalue weighted by atomic mass is 31.2. The number of carbonyl (C=O) groups is 1. The summed E-state index contributed by atoms with van der Waals surface area (Å²) in [5, 5.41) is 28.7. The number of aliphatic carboxylic acids is 1. The fourth-order valence-electron chi connectivity index (χ4n) is 2.16. The molecule has 0 aromatic carbocycles. The zero-order valence-electron chi connectivity index (χ0n) is 11.2. The Bertz CT molecular complexity index is 542. The second-order valence-electron chi connectivity index (χ2n) is 4.81. The highest BCUT2D eigenvalue weighted by Gasteiger charge is 2.45. The van der Waals surface area contributed by atoms with Crippen molar-refractivity contribution in [2.75, 3.05) is 6.61 Å². The van der Waals surface area contributed by atoms with E-state index < -0.39 is 44.9 Å². The monoisotopic (exact) mass is 336 g/mol. The van der Waals surface area contributed by atoms with Crippen molar-refractivity contribution in [3.8, 4) is 0 Å². The molecule has 0 saturated carbocycles. The van der Waals surface area contributed by atoms with Gasteiger partial charge in [0.2, 0.25) is 0 Å². The van der Waals surface area contributed by atoms with Gasteiger partial charge in [-0.15, -0.1) is 0 Å². The van der Waals surface area contributed by atoms with Crippen LogP contribution in [-0.4, -0.2) is 62.2 Å². The third kappa shape index (κ3) is 3.93. The quantitative estimate of drug-likeness (QED) is 0.417. The summed E-state index contributed by atoms with van der Waals surface area (Å²) >= 11 is 0. The zero-order chi connectivity index (χ0) is 16.5. The Morgan fingerprint density at radius 2 is 2.18 bits per heavy atom. The minimum absolute atomic E-state index is 0.0620. The standard InChI is InChI=1S/C11H16NO9P/c13-8-7(5-20-22(17,18)19)21-10(9(8)14)12-3-1-2-6(4-12)11(15)16/h1,3-4,7-10,13-14H,2,5H2,(H,15,16)(H2,17,18,19)/p-1/t7-,8?,9?,10-/m1/s1. The highest BCUT2D eigenvalue weighted by molar-refractivity contribution is 7.44. The lowest BCUT2D eigenvalue weighted by atomic mass is 10.1. The number of hydrogen-bond donors (Lipinski definition) is 4. The lowest BCUT2D eigenvalue weighted by Crippen LogP contribution is -2.40. The number of carboxylic acid groups (broad SMARTS) is 1. The van der Waals surface area contributed by atoms with Crippen molar-refractivity contribution in [3.05, 3.63) is 24.0 Å². The number of hydrogen-bond acceptors (Lipinski definition) is 8. The molecule has 11 heteroatoms. The molecule has 1 fully saturated rings. The van der Waals surface area contributed by atoms with Crippen LogP contribution in [0.25, 0.3) is 0 Å². The van der Waals surface area contributed by atoms with E-state index in [4.69, 9.17) is 14.7 Å². The number of phosphoric acid groups is 1. The van der Waals surface area contributed by atoms with Gasteiger partial charge in [-0.1, -0.05) is 6.08 Å². The van der Waals surface area contributed by atoms with Crippen molar-refractivity contribution < 1.29 is 43.7 Å². The number of allylic oxidation sites excluding steroid dienone is 1. The van der Waals surface area contributed by atoms with Gasteiger partial charge in [0, 0.05) is 18.8 Å². The summed E-state index contributed by atoms with van der Waals surface area (Å²) in [4.78, 5) is 31.3. The van der Waals surface area contributed by atoms with Crippen LogP contribution in [0.4, 0.5) is 0 Å². The molecule has 2 rings (SSSR count). The molecule has 0 spiro atoms. The van der Waals surface area contributed by atoms with Gasteiger partial charge in [0.1, 0.15) is 18.3 Å². The summed E-state index contributed by atoms with van der Waals surface area (Å²) in [6.07, 6.45) is -0.743. The summed E-state index contributed by atoms with van der Waals surface area (Å²) in [5.41, 5.74) is 0.0620. The maximum Gasteiger partial charge on any atom is 0.333 e. The Kier molecular flexibility index (Phi) is 5.03. The molecular weight excluding hydrogens is 321 g/mol. The summed E-state index contributed by atoms with van der Waals surface area (Å²) in [7, 11) is -4.98. The maximum atomic E-state index is 10.9. The van der Waals surface area contributed by atoms with Gasteiger partial charge in [0.05, 0.1) is 12.2 Å². The Hall–Kier alpha value is -1.26. The second kappa shape index (κ2) is 6.47. The average molecular weight is 336 g/mol. The van der Waals surface area contributed by atoms with Crippen molar-refractivity contribution in [3.63, 3.8) is 0 Å². The van der Waals surface area contributed by atoms with E-state index in [1.165, 1.54) is 23.4 Å². The maximum absolute atomic E-state index is 10.9. The van der Waals surface area contributed by atoms with Crippen LogP contribution in [0.2, 0.25) is 0 Å². The first-order chi connectivity index (χ1) is 10.2. The molecule has 10 nitrogen and oxygen atoms in total. The molecule has 5 atom stereocenters. The van der Waals surface area contributed by atoms with Crippen LogP contribution in [0.3, 0.4) is 0 Å². The van der Waals surface area contributed by atoms with E-state index in [2.05, 4.69) is 4.52 Å². The average Bonchev–Trinajstić information content (AvgIpc) is 2.72.